The summed E-state index contributed by atoms with van der Waals surface area (Å²) in [6.07, 6.45) is 0. The predicted octanol–water partition coefficient (Wildman–Crippen LogP) is 3.98. The summed E-state index contributed by atoms with van der Waals surface area (Å²) < 4.78 is 12.3. The molecule has 0 aliphatic carbocycles. The van der Waals surface area contributed by atoms with E-state index in [2.05, 4.69) is 4.98 Å². The van der Waals surface area contributed by atoms with Gasteiger partial charge in [0.05, 0.1) is 16.8 Å². The number of anilines is 1. The second-order valence-electron chi connectivity index (χ2n) is 7.01. The Morgan fingerprint density at radius 1 is 1.07 bits per heavy atom. The van der Waals surface area contributed by atoms with Crippen molar-refractivity contribution in [3.8, 4) is 11.5 Å². The van der Waals surface area contributed by atoms with Crippen molar-refractivity contribution >= 4 is 32.6 Å². The van der Waals surface area contributed by atoms with Gasteiger partial charge in [-0.2, -0.15) is 0 Å². The summed E-state index contributed by atoms with van der Waals surface area (Å²) in [6, 6.07) is 13.5. The molecule has 3 rings (SSSR count). The summed E-state index contributed by atoms with van der Waals surface area (Å²) in [7, 11) is 3.97. The molecule has 0 aliphatic rings. The SMILES string of the molecule is CCOc1ccc2nc(N(CCN(C)C)C(=O)COc3cccc(C)c3)sc2c1. The van der Waals surface area contributed by atoms with Crippen molar-refractivity contribution in [3.05, 3.63) is 48.0 Å². The first-order valence-corrected chi connectivity index (χ1v) is 10.5. The lowest BCUT2D eigenvalue weighted by Crippen LogP contribution is -2.39. The maximum atomic E-state index is 13.0. The van der Waals surface area contributed by atoms with Gasteiger partial charge in [0.15, 0.2) is 11.7 Å². The van der Waals surface area contributed by atoms with Crippen LogP contribution in [-0.4, -0.2) is 56.2 Å². The summed E-state index contributed by atoms with van der Waals surface area (Å²) in [5.74, 6) is 1.39. The van der Waals surface area contributed by atoms with Crippen molar-refractivity contribution in [1.82, 2.24) is 9.88 Å². The molecule has 6 nitrogen and oxygen atoms in total. The van der Waals surface area contributed by atoms with Crippen LogP contribution in [0.1, 0.15) is 12.5 Å². The monoisotopic (exact) mass is 413 g/mol. The highest BCUT2D eigenvalue weighted by Crippen LogP contribution is 2.31. The second kappa shape index (κ2) is 9.71. The number of thiazole rings is 1. The Morgan fingerprint density at radius 2 is 1.86 bits per heavy atom. The molecule has 0 N–H and O–H groups in total. The van der Waals surface area contributed by atoms with E-state index in [1.807, 2.05) is 75.3 Å². The maximum Gasteiger partial charge on any atom is 0.266 e. The normalized spacial score (nSPS) is 11.1. The molecule has 154 valence electrons. The van der Waals surface area contributed by atoms with Crippen LogP contribution >= 0.6 is 11.3 Å². The molecule has 1 heterocycles. The average molecular weight is 414 g/mol. The Bertz CT molecular complexity index is 971. The summed E-state index contributed by atoms with van der Waals surface area (Å²) in [5, 5.41) is 0.674. The highest BCUT2D eigenvalue weighted by atomic mass is 32.1. The van der Waals surface area contributed by atoms with Crippen LogP contribution in [0.5, 0.6) is 11.5 Å². The first-order valence-electron chi connectivity index (χ1n) is 9.64. The van der Waals surface area contributed by atoms with E-state index >= 15 is 0 Å². The highest BCUT2D eigenvalue weighted by molar-refractivity contribution is 7.22. The van der Waals surface area contributed by atoms with Gasteiger partial charge in [0.2, 0.25) is 0 Å². The maximum absolute atomic E-state index is 13.0. The van der Waals surface area contributed by atoms with E-state index in [1.54, 1.807) is 4.90 Å². The molecule has 2 aromatic carbocycles. The second-order valence-corrected chi connectivity index (χ2v) is 8.02. The first kappa shape index (κ1) is 21.1. The summed E-state index contributed by atoms with van der Waals surface area (Å²) in [5.41, 5.74) is 1.95. The highest BCUT2D eigenvalue weighted by Gasteiger charge is 2.20. The number of hydrogen-bond donors (Lipinski definition) is 0. The van der Waals surface area contributed by atoms with E-state index in [0.29, 0.717) is 24.0 Å². The van der Waals surface area contributed by atoms with Crippen molar-refractivity contribution in [2.45, 2.75) is 13.8 Å². The zero-order valence-corrected chi connectivity index (χ0v) is 18.2. The predicted molar refractivity (Wildman–Crippen MR) is 118 cm³/mol. The van der Waals surface area contributed by atoms with Crippen LogP contribution in [-0.2, 0) is 4.79 Å². The molecule has 7 heteroatoms. The Labute approximate surface area is 175 Å². The Morgan fingerprint density at radius 3 is 2.59 bits per heavy atom. The number of benzene rings is 2. The molecular formula is C22H27N3O3S. The topological polar surface area (TPSA) is 54.9 Å². The molecule has 0 aliphatic heterocycles. The van der Waals surface area contributed by atoms with E-state index < -0.39 is 0 Å². The minimum atomic E-state index is -0.113. The van der Waals surface area contributed by atoms with E-state index in [0.717, 1.165) is 28.1 Å². The van der Waals surface area contributed by atoms with E-state index in [4.69, 9.17) is 9.47 Å². The minimum absolute atomic E-state index is 0.0308. The molecule has 0 radical (unpaired) electrons. The van der Waals surface area contributed by atoms with Crippen LogP contribution in [0.25, 0.3) is 10.2 Å². The van der Waals surface area contributed by atoms with Gasteiger partial charge in [-0.05, 0) is 63.8 Å². The number of carbonyl (C=O) groups excluding carboxylic acids is 1. The molecule has 0 saturated carbocycles. The van der Waals surface area contributed by atoms with Crippen molar-refractivity contribution in [2.24, 2.45) is 0 Å². The molecule has 0 fully saturated rings. The number of likely N-dealkylation sites (N-methyl/N-ethyl adjacent to an activating group) is 1. The lowest BCUT2D eigenvalue weighted by Gasteiger charge is -2.22. The van der Waals surface area contributed by atoms with E-state index in [1.165, 1.54) is 11.3 Å². The molecule has 0 saturated heterocycles. The molecule has 0 atom stereocenters. The van der Waals surface area contributed by atoms with Crippen LogP contribution in [0.3, 0.4) is 0 Å². The molecule has 3 aromatic rings. The van der Waals surface area contributed by atoms with Crippen LogP contribution in [0.2, 0.25) is 0 Å². The molecule has 1 amide bonds. The fourth-order valence-corrected chi connectivity index (χ4v) is 3.86. The van der Waals surface area contributed by atoms with Crippen molar-refractivity contribution in [3.63, 3.8) is 0 Å². The summed E-state index contributed by atoms with van der Waals surface area (Å²) in [6.45, 7) is 5.81. The number of aromatic nitrogens is 1. The number of hydrogen-bond acceptors (Lipinski definition) is 6. The number of rotatable bonds is 9. The third-order valence-electron chi connectivity index (χ3n) is 4.31. The average Bonchev–Trinajstić information content (AvgIpc) is 3.09. The first-order chi connectivity index (χ1) is 14.0. The standard InChI is InChI=1S/C22H27N3O3S/c1-5-27-18-9-10-19-20(14-18)29-22(23-19)25(12-11-24(3)4)21(26)15-28-17-8-6-7-16(2)13-17/h6-10,13-14H,5,11-12,15H2,1-4H3. The fraction of sp³-hybridized carbons (Fsp3) is 0.364. The largest absolute Gasteiger partial charge is 0.494 e. The van der Waals surface area contributed by atoms with Crippen molar-refractivity contribution < 1.29 is 14.3 Å². The number of amides is 1. The van der Waals surface area contributed by atoms with Crippen molar-refractivity contribution in [2.75, 3.05) is 45.3 Å². The fourth-order valence-electron chi connectivity index (χ4n) is 2.82. The lowest BCUT2D eigenvalue weighted by molar-refractivity contribution is -0.120. The number of ether oxygens (including phenoxy) is 2. The minimum Gasteiger partial charge on any atom is -0.494 e. The van der Waals surface area contributed by atoms with E-state index in [-0.39, 0.29) is 12.5 Å². The van der Waals surface area contributed by atoms with Gasteiger partial charge in [-0.15, -0.1) is 0 Å². The molecule has 0 spiro atoms. The lowest BCUT2D eigenvalue weighted by atomic mass is 10.2. The number of nitrogens with zero attached hydrogens (tertiary/aromatic N) is 3. The zero-order valence-electron chi connectivity index (χ0n) is 17.3. The Kier molecular flexibility index (Phi) is 7.06. The molecule has 1 aromatic heterocycles. The van der Waals surface area contributed by atoms with Gasteiger partial charge < -0.3 is 14.4 Å². The quantitative estimate of drug-likeness (QED) is 0.531. The van der Waals surface area contributed by atoms with Crippen molar-refractivity contribution in [1.29, 1.82) is 0 Å². The Balaban J connectivity index is 1.80. The Hall–Kier alpha value is -2.64. The molecule has 0 bridgehead atoms. The van der Waals surface area contributed by atoms with Gasteiger partial charge in [-0.1, -0.05) is 23.5 Å². The zero-order chi connectivity index (χ0) is 20.8. The van der Waals surface area contributed by atoms with Gasteiger partial charge >= 0.3 is 0 Å². The number of carbonyl (C=O) groups is 1. The smallest absolute Gasteiger partial charge is 0.266 e. The molecule has 0 unspecified atom stereocenters. The molecular weight excluding hydrogens is 386 g/mol. The van der Waals surface area contributed by atoms with E-state index in [9.17, 15) is 4.79 Å². The van der Waals surface area contributed by atoms with Gasteiger partial charge in [-0.25, -0.2) is 4.98 Å². The van der Waals surface area contributed by atoms with Gasteiger partial charge in [0.25, 0.3) is 5.91 Å². The van der Waals surface area contributed by atoms with Crippen LogP contribution in [0.4, 0.5) is 5.13 Å². The summed E-state index contributed by atoms with van der Waals surface area (Å²) in [4.78, 5) is 21.4. The van der Waals surface area contributed by atoms with Gasteiger partial charge in [-0.3, -0.25) is 9.69 Å². The number of aryl methyl sites for hydroxylation is 1. The van der Waals surface area contributed by atoms with Crippen LogP contribution < -0.4 is 14.4 Å². The number of fused-ring (bicyclic) bond motifs is 1. The van der Waals surface area contributed by atoms with Gasteiger partial charge in [0.1, 0.15) is 11.5 Å². The van der Waals surface area contributed by atoms with Gasteiger partial charge in [0, 0.05) is 13.1 Å². The van der Waals surface area contributed by atoms with Crippen LogP contribution in [0, 0.1) is 6.92 Å². The third-order valence-corrected chi connectivity index (χ3v) is 5.36. The van der Waals surface area contributed by atoms with Crippen LogP contribution in [0.15, 0.2) is 42.5 Å². The summed E-state index contributed by atoms with van der Waals surface area (Å²) >= 11 is 1.49. The third kappa shape index (κ3) is 5.68. The molecule has 29 heavy (non-hydrogen) atoms.